The first kappa shape index (κ1) is 17.3. The van der Waals surface area contributed by atoms with Crippen LogP contribution < -0.4 is 16.0 Å². The van der Waals surface area contributed by atoms with E-state index < -0.39 is 18.5 Å². The Kier molecular flexibility index (Phi) is 6.44. The van der Waals surface area contributed by atoms with Crippen molar-refractivity contribution in [3.8, 4) is 5.75 Å². The van der Waals surface area contributed by atoms with Gasteiger partial charge in [-0.1, -0.05) is 0 Å². The van der Waals surface area contributed by atoms with Crippen LogP contribution >= 0.6 is 0 Å². The third-order valence-corrected chi connectivity index (χ3v) is 2.77. The topological polar surface area (TPSA) is 67.6 Å². The molecular weight excluding hydrogens is 287 g/mol. The van der Waals surface area contributed by atoms with Gasteiger partial charge in [-0.05, 0) is 31.3 Å². The first-order valence-corrected chi connectivity index (χ1v) is 6.31. The van der Waals surface area contributed by atoms with E-state index in [-0.39, 0.29) is 13.2 Å². The molecule has 1 amide bonds. The van der Waals surface area contributed by atoms with Crippen LogP contribution in [0.2, 0.25) is 0 Å². The number of carbonyl (C=O) groups is 1. The van der Waals surface area contributed by atoms with Gasteiger partial charge in [-0.15, -0.1) is 0 Å². The van der Waals surface area contributed by atoms with Gasteiger partial charge in [-0.3, -0.25) is 10.2 Å². The first-order valence-electron chi connectivity index (χ1n) is 6.31. The van der Waals surface area contributed by atoms with Crippen molar-refractivity contribution >= 4 is 5.91 Å². The number of hydrogen-bond acceptors (Lipinski definition) is 4. The summed E-state index contributed by atoms with van der Waals surface area (Å²) in [5.41, 5.74) is 2.40. The number of ether oxygens (including phenoxy) is 1. The van der Waals surface area contributed by atoms with E-state index in [4.69, 9.17) is 10.6 Å². The molecule has 0 aromatic heterocycles. The maximum atomic E-state index is 12.0. The Hall–Kier alpha value is -1.80. The van der Waals surface area contributed by atoms with Gasteiger partial charge < -0.3 is 9.64 Å². The monoisotopic (exact) mass is 305 g/mol. The number of hydrogen-bond donors (Lipinski definition) is 2. The number of alkyl halides is 3. The average molecular weight is 305 g/mol. The van der Waals surface area contributed by atoms with Crippen LogP contribution in [-0.2, 0) is 0 Å². The fourth-order valence-electron chi connectivity index (χ4n) is 1.53. The maximum absolute atomic E-state index is 12.0. The number of nitrogens with one attached hydrogen (secondary N) is 1. The lowest BCUT2D eigenvalue weighted by molar-refractivity contribution is -0.137. The number of likely N-dealkylation sites (N-methyl/N-ethyl adjacent to an activating group) is 1. The Morgan fingerprint density at radius 2 is 1.90 bits per heavy atom. The highest BCUT2D eigenvalue weighted by molar-refractivity contribution is 5.93. The minimum atomic E-state index is -4.14. The van der Waals surface area contributed by atoms with Crippen LogP contribution in [0.3, 0.4) is 0 Å². The van der Waals surface area contributed by atoms with Gasteiger partial charge in [0.2, 0.25) is 0 Å². The molecule has 0 radical (unpaired) electrons. The van der Waals surface area contributed by atoms with Crippen molar-refractivity contribution in [1.82, 2.24) is 10.3 Å². The largest absolute Gasteiger partial charge is 0.492 e. The fraction of sp³-hybridized carbons (Fsp3) is 0.462. The number of nitrogens with two attached hydrogens (primary N) is 1. The molecule has 0 saturated heterocycles. The first-order chi connectivity index (χ1) is 9.81. The second kappa shape index (κ2) is 7.84. The number of amides is 1. The molecule has 0 aliphatic rings. The van der Waals surface area contributed by atoms with Crippen LogP contribution in [-0.4, -0.2) is 43.7 Å². The molecule has 5 nitrogen and oxygen atoms in total. The number of hydrazine groups is 1. The van der Waals surface area contributed by atoms with Gasteiger partial charge in [0, 0.05) is 18.7 Å². The number of benzene rings is 1. The molecule has 21 heavy (non-hydrogen) atoms. The summed E-state index contributed by atoms with van der Waals surface area (Å²) in [5.74, 6) is 5.12. The minimum Gasteiger partial charge on any atom is -0.492 e. The molecule has 0 aliphatic heterocycles. The molecule has 0 fully saturated rings. The van der Waals surface area contributed by atoms with E-state index in [0.29, 0.717) is 17.9 Å². The zero-order valence-electron chi connectivity index (χ0n) is 11.6. The van der Waals surface area contributed by atoms with Crippen LogP contribution in [0.25, 0.3) is 0 Å². The van der Waals surface area contributed by atoms with E-state index in [2.05, 4.69) is 0 Å². The van der Waals surface area contributed by atoms with Crippen molar-refractivity contribution in [2.45, 2.75) is 12.6 Å². The number of nitrogens with zero attached hydrogens (tertiary/aromatic N) is 1. The molecule has 0 spiro atoms. The Morgan fingerprint density at radius 1 is 1.29 bits per heavy atom. The third kappa shape index (κ3) is 6.96. The predicted octanol–water partition coefficient (Wildman–Crippen LogP) is 1.55. The highest BCUT2D eigenvalue weighted by atomic mass is 19.4. The van der Waals surface area contributed by atoms with Gasteiger partial charge in [0.25, 0.3) is 5.91 Å². The van der Waals surface area contributed by atoms with Crippen molar-refractivity contribution in [2.24, 2.45) is 5.84 Å². The minimum absolute atomic E-state index is 0.0670. The lowest BCUT2D eigenvalue weighted by Gasteiger charge is -2.17. The van der Waals surface area contributed by atoms with Gasteiger partial charge in [-0.25, -0.2) is 5.84 Å². The Morgan fingerprint density at radius 3 is 2.43 bits per heavy atom. The molecule has 8 heteroatoms. The molecule has 0 saturated carbocycles. The molecule has 0 unspecified atom stereocenters. The Balaban J connectivity index is 2.31. The summed E-state index contributed by atoms with van der Waals surface area (Å²) in [6.07, 6.45) is -4.99. The van der Waals surface area contributed by atoms with Gasteiger partial charge in [0.1, 0.15) is 12.4 Å². The van der Waals surface area contributed by atoms with E-state index in [1.807, 2.05) is 5.43 Å². The summed E-state index contributed by atoms with van der Waals surface area (Å²) in [5, 5.41) is 0. The summed E-state index contributed by atoms with van der Waals surface area (Å²) in [4.78, 5) is 12.8. The van der Waals surface area contributed by atoms with Gasteiger partial charge in [0.15, 0.2) is 0 Å². The number of carbonyl (C=O) groups excluding carboxylic acids is 1. The SMILES string of the molecule is CN(CCOc1ccc(C(=O)NN)cc1)CCC(F)(F)F. The standard InChI is InChI=1S/C13H18F3N3O2/c1-19(7-6-13(14,15)16)8-9-21-11-4-2-10(3-5-11)12(20)18-17/h2-5H,6-9,17H2,1H3,(H,18,20). The molecule has 1 aromatic rings. The van der Waals surface area contributed by atoms with Crippen LogP contribution in [0.15, 0.2) is 24.3 Å². The van der Waals surface area contributed by atoms with E-state index in [1.54, 1.807) is 36.2 Å². The van der Waals surface area contributed by atoms with Crippen LogP contribution in [0.4, 0.5) is 13.2 Å². The van der Waals surface area contributed by atoms with Gasteiger partial charge in [0.05, 0.1) is 6.42 Å². The van der Waals surface area contributed by atoms with Crippen LogP contribution in [0.1, 0.15) is 16.8 Å². The van der Waals surface area contributed by atoms with Crippen molar-refractivity contribution in [3.05, 3.63) is 29.8 Å². The molecule has 0 atom stereocenters. The molecule has 0 heterocycles. The zero-order valence-corrected chi connectivity index (χ0v) is 11.6. The summed E-state index contributed by atoms with van der Waals surface area (Å²) in [6.45, 7) is 0.570. The second-order valence-corrected chi connectivity index (χ2v) is 4.51. The van der Waals surface area contributed by atoms with Gasteiger partial charge >= 0.3 is 6.18 Å². The zero-order chi connectivity index (χ0) is 15.9. The molecule has 1 aromatic carbocycles. The van der Waals surface area contributed by atoms with Gasteiger partial charge in [-0.2, -0.15) is 13.2 Å². The van der Waals surface area contributed by atoms with Crippen LogP contribution in [0.5, 0.6) is 5.75 Å². The molecule has 118 valence electrons. The molecule has 0 aliphatic carbocycles. The normalized spacial score (nSPS) is 11.5. The molecule has 1 rings (SSSR count). The number of halogens is 3. The van der Waals surface area contributed by atoms with Crippen molar-refractivity contribution in [2.75, 3.05) is 26.7 Å². The fourth-order valence-corrected chi connectivity index (χ4v) is 1.53. The molecule has 0 bridgehead atoms. The lowest BCUT2D eigenvalue weighted by Crippen LogP contribution is -2.30. The van der Waals surface area contributed by atoms with E-state index in [0.717, 1.165) is 0 Å². The summed E-state index contributed by atoms with van der Waals surface area (Å²) >= 11 is 0. The summed E-state index contributed by atoms with van der Waals surface area (Å²) in [6, 6.07) is 6.29. The van der Waals surface area contributed by atoms with Crippen molar-refractivity contribution < 1.29 is 22.7 Å². The van der Waals surface area contributed by atoms with Crippen LogP contribution in [0, 0.1) is 0 Å². The number of nitrogen functional groups attached to an aromatic ring is 1. The van der Waals surface area contributed by atoms with E-state index in [1.165, 1.54) is 0 Å². The quantitative estimate of drug-likeness (QED) is 0.456. The molecular formula is C13H18F3N3O2. The van der Waals surface area contributed by atoms with E-state index in [9.17, 15) is 18.0 Å². The Bertz CT molecular complexity index is 449. The molecule has 3 N–H and O–H groups in total. The highest BCUT2D eigenvalue weighted by Crippen LogP contribution is 2.19. The number of rotatable bonds is 7. The highest BCUT2D eigenvalue weighted by Gasteiger charge is 2.26. The van der Waals surface area contributed by atoms with Crippen molar-refractivity contribution in [1.29, 1.82) is 0 Å². The maximum Gasteiger partial charge on any atom is 0.390 e. The van der Waals surface area contributed by atoms with Crippen molar-refractivity contribution in [3.63, 3.8) is 0 Å². The summed E-state index contributed by atoms with van der Waals surface area (Å²) in [7, 11) is 1.60. The predicted molar refractivity (Wildman–Crippen MR) is 71.8 cm³/mol. The average Bonchev–Trinajstić information content (AvgIpc) is 2.44. The summed E-state index contributed by atoms with van der Waals surface area (Å²) < 4.78 is 41.5. The lowest BCUT2D eigenvalue weighted by atomic mass is 10.2. The van der Waals surface area contributed by atoms with E-state index >= 15 is 0 Å². The smallest absolute Gasteiger partial charge is 0.390 e. The third-order valence-electron chi connectivity index (χ3n) is 2.77. The second-order valence-electron chi connectivity index (χ2n) is 4.51. The Labute approximate surface area is 120 Å².